The van der Waals surface area contributed by atoms with Crippen molar-refractivity contribution in [3.05, 3.63) is 28.2 Å². The maximum absolute atomic E-state index is 5.36. The van der Waals surface area contributed by atoms with Gasteiger partial charge in [0.2, 0.25) is 0 Å². The molecule has 0 fully saturated rings. The summed E-state index contributed by atoms with van der Waals surface area (Å²) in [5.41, 5.74) is 1.06. The van der Waals surface area contributed by atoms with Gasteiger partial charge in [0.15, 0.2) is 0 Å². The average Bonchev–Trinajstić information content (AvgIpc) is 2.57. The first kappa shape index (κ1) is 12.4. The van der Waals surface area contributed by atoms with Gasteiger partial charge in [0.25, 0.3) is 0 Å². The minimum atomic E-state index is 0.654. The first-order chi connectivity index (χ1) is 7.18. The van der Waals surface area contributed by atoms with Crippen molar-refractivity contribution in [1.82, 2.24) is 10.3 Å². The molecule has 0 amide bonds. The Morgan fingerprint density at radius 1 is 1.67 bits per heavy atom. The molecule has 0 atom stereocenters. The number of thiazole rings is 1. The van der Waals surface area contributed by atoms with Gasteiger partial charge in [-0.25, -0.2) is 4.98 Å². The van der Waals surface area contributed by atoms with Crippen LogP contribution in [0.25, 0.3) is 0 Å². The van der Waals surface area contributed by atoms with E-state index in [1.54, 1.807) is 11.3 Å². The molecule has 0 saturated carbocycles. The van der Waals surface area contributed by atoms with Gasteiger partial charge in [-0.2, -0.15) is 0 Å². The standard InChI is InChI=1S/C11H18N2OS/c1-9(2)8-14-5-4-12-6-11-7-13-10(3)15-11/h7,12H,1,4-6,8H2,2-3H3. The van der Waals surface area contributed by atoms with Gasteiger partial charge in [-0.1, -0.05) is 12.2 Å². The summed E-state index contributed by atoms with van der Waals surface area (Å²) < 4.78 is 5.36. The van der Waals surface area contributed by atoms with Crippen molar-refractivity contribution in [2.45, 2.75) is 20.4 Å². The fourth-order valence-corrected chi connectivity index (χ4v) is 1.85. The Morgan fingerprint density at radius 2 is 2.47 bits per heavy atom. The molecule has 0 spiro atoms. The Morgan fingerprint density at radius 3 is 3.07 bits per heavy atom. The maximum atomic E-state index is 5.36. The average molecular weight is 226 g/mol. The lowest BCUT2D eigenvalue weighted by molar-refractivity contribution is 0.158. The number of aromatic nitrogens is 1. The number of hydrogen-bond donors (Lipinski definition) is 1. The number of aryl methyl sites for hydroxylation is 1. The van der Waals surface area contributed by atoms with Crippen LogP contribution in [0.2, 0.25) is 0 Å². The van der Waals surface area contributed by atoms with Crippen molar-refractivity contribution in [2.75, 3.05) is 19.8 Å². The van der Waals surface area contributed by atoms with Crippen LogP contribution in [0.5, 0.6) is 0 Å². The lowest BCUT2D eigenvalue weighted by Gasteiger charge is -2.04. The molecule has 1 aromatic rings. The van der Waals surface area contributed by atoms with Crippen molar-refractivity contribution < 1.29 is 4.74 Å². The van der Waals surface area contributed by atoms with E-state index >= 15 is 0 Å². The van der Waals surface area contributed by atoms with Gasteiger partial charge in [0.1, 0.15) is 0 Å². The maximum Gasteiger partial charge on any atom is 0.0897 e. The molecule has 0 saturated heterocycles. The lowest BCUT2D eigenvalue weighted by Crippen LogP contribution is -2.19. The first-order valence-electron chi connectivity index (χ1n) is 5.02. The zero-order valence-corrected chi connectivity index (χ0v) is 10.2. The summed E-state index contributed by atoms with van der Waals surface area (Å²) in [5.74, 6) is 0. The highest BCUT2D eigenvalue weighted by molar-refractivity contribution is 7.11. The van der Waals surface area contributed by atoms with Crippen molar-refractivity contribution in [3.63, 3.8) is 0 Å². The van der Waals surface area contributed by atoms with Crippen LogP contribution in [0.4, 0.5) is 0 Å². The van der Waals surface area contributed by atoms with Gasteiger partial charge in [0.05, 0.1) is 18.2 Å². The quantitative estimate of drug-likeness (QED) is 0.571. The predicted molar refractivity (Wildman–Crippen MR) is 64.2 cm³/mol. The van der Waals surface area contributed by atoms with E-state index in [9.17, 15) is 0 Å². The van der Waals surface area contributed by atoms with Crippen LogP contribution in [-0.4, -0.2) is 24.7 Å². The third-order valence-corrected chi connectivity index (χ3v) is 2.65. The van der Waals surface area contributed by atoms with E-state index in [4.69, 9.17) is 4.74 Å². The van der Waals surface area contributed by atoms with Crippen LogP contribution in [-0.2, 0) is 11.3 Å². The minimum Gasteiger partial charge on any atom is -0.376 e. The Labute approximate surface area is 95.2 Å². The highest BCUT2D eigenvalue weighted by atomic mass is 32.1. The molecule has 0 aromatic carbocycles. The molecule has 15 heavy (non-hydrogen) atoms. The molecule has 0 bridgehead atoms. The van der Waals surface area contributed by atoms with Crippen LogP contribution >= 0.6 is 11.3 Å². The third kappa shape index (κ3) is 5.67. The van der Waals surface area contributed by atoms with E-state index < -0.39 is 0 Å². The highest BCUT2D eigenvalue weighted by Crippen LogP contribution is 2.10. The molecule has 4 heteroatoms. The van der Waals surface area contributed by atoms with E-state index in [0.717, 1.165) is 30.3 Å². The van der Waals surface area contributed by atoms with Crippen molar-refractivity contribution in [1.29, 1.82) is 0 Å². The van der Waals surface area contributed by atoms with E-state index in [-0.39, 0.29) is 0 Å². The lowest BCUT2D eigenvalue weighted by atomic mass is 10.4. The molecular formula is C11H18N2OS. The second kappa shape index (κ2) is 6.71. The van der Waals surface area contributed by atoms with Crippen LogP contribution in [0.3, 0.4) is 0 Å². The highest BCUT2D eigenvalue weighted by Gasteiger charge is 1.96. The number of hydrogen-bond acceptors (Lipinski definition) is 4. The topological polar surface area (TPSA) is 34.1 Å². The summed E-state index contributed by atoms with van der Waals surface area (Å²) >= 11 is 1.73. The van der Waals surface area contributed by atoms with Crippen LogP contribution in [0.1, 0.15) is 16.8 Å². The van der Waals surface area contributed by atoms with E-state index in [1.807, 2.05) is 20.0 Å². The van der Waals surface area contributed by atoms with Crippen LogP contribution in [0, 0.1) is 6.92 Å². The molecule has 1 N–H and O–H groups in total. The first-order valence-corrected chi connectivity index (χ1v) is 5.84. The fourth-order valence-electron chi connectivity index (χ4n) is 1.09. The molecule has 0 radical (unpaired) electrons. The summed E-state index contributed by atoms with van der Waals surface area (Å²) in [6.07, 6.45) is 1.92. The molecule has 1 aromatic heterocycles. The number of nitrogens with one attached hydrogen (secondary N) is 1. The van der Waals surface area contributed by atoms with E-state index in [1.165, 1.54) is 4.88 Å². The fraction of sp³-hybridized carbons (Fsp3) is 0.545. The summed E-state index contributed by atoms with van der Waals surface area (Å²) in [5, 5.41) is 4.42. The summed E-state index contributed by atoms with van der Waals surface area (Å²) in [6, 6.07) is 0. The molecule has 0 unspecified atom stereocenters. The van der Waals surface area contributed by atoms with Gasteiger partial charge >= 0.3 is 0 Å². The summed E-state index contributed by atoms with van der Waals surface area (Å²) in [4.78, 5) is 5.46. The predicted octanol–water partition coefficient (Wildman–Crippen LogP) is 2.13. The van der Waals surface area contributed by atoms with Crippen molar-refractivity contribution in [2.24, 2.45) is 0 Å². The number of rotatable bonds is 7. The Kier molecular flexibility index (Phi) is 5.53. The molecule has 3 nitrogen and oxygen atoms in total. The number of nitrogens with zero attached hydrogens (tertiary/aromatic N) is 1. The Bertz CT molecular complexity index is 309. The van der Waals surface area contributed by atoms with E-state index in [2.05, 4.69) is 16.9 Å². The molecule has 1 rings (SSSR count). The minimum absolute atomic E-state index is 0.654. The molecule has 84 valence electrons. The SMILES string of the molecule is C=C(C)COCCNCc1cnc(C)s1. The van der Waals surface area contributed by atoms with Crippen molar-refractivity contribution in [3.8, 4) is 0 Å². The largest absolute Gasteiger partial charge is 0.376 e. The summed E-state index contributed by atoms with van der Waals surface area (Å²) in [7, 11) is 0. The van der Waals surface area contributed by atoms with Crippen molar-refractivity contribution >= 4 is 11.3 Å². The van der Waals surface area contributed by atoms with E-state index in [0.29, 0.717) is 6.61 Å². The molecule has 0 aliphatic rings. The normalized spacial score (nSPS) is 10.5. The Balaban J connectivity index is 2.00. The molecule has 0 aliphatic carbocycles. The Hall–Kier alpha value is -0.710. The van der Waals surface area contributed by atoms with Gasteiger partial charge < -0.3 is 10.1 Å². The van der Waals surface area contributed by atoms with Gasteiger partial charge in [-0.15, -0.1) is 11.3 Å². The molecule has 0 aliphatic heterocycles. The van der Waals surface area contributed by atoms with Gasteiger partial charge in [-0.05, 0) is 13.8 Å². The zero-order valence-electron chi connectivity index (χ0n) is 9.38. The van der Waals surface area contributed by atoms with Crippen LogP contribution in [0.15, 0.2) is 18.3 Å². The molecule has 1 heterocycles. The zero-order chi connectivity index (χ0) is 11.1. The van der Waals surface area contributed by atoms with Gasteiger partial charge in [0, 0.05) is 24.2 Å². The van der Waals surface area contributed by atoms with Crippen LogP contribution < -0.4 is 5.32 Å². The smallest absolute Gasteiger partial charge is 0.0897 e. The van der Waals surface area contributed by atoms with Gasteiger partial charge in [-0.3, -0.25) is 0 Å². The number of ether oxygens (including phenoxy) is 1. The molecular weight excluding hydrogens is 208 g/mol. The second-order valence-corrected chi connectivity index (χ2v) is 4.85. The summed E-state index contributed by atoms with van der Waals surface area (Å²) in [6.45, 7) is 10.9. The third-order valence-electron chi connectivity index (χ3n) is 1.74. The monoisotopic (exact) mass is 226 g/mol. The second-order valence-electron chi connectivity index (χ2n) is 3.53.